The van der Waals surface area contributed by atoms with Gasteiger partial charge in [0.25, 0.3) is 0 Å². The van der Waals surface area contributed by atoms with E-state index in [1.807, 2.05) is 0 Å². The molecule has 1 aliphatic carbocycles. The SMILES string of the molecule is CC1=C(C)C(C)[C-]=C1.Cc1ccc2c(c1)[cH-]c1cc(C)ccc12.[Zr+2]=[C](c1ccccc1)c1ccccc1. The first-order valence-electron chi connectivity index (χ1n) is 12.9. The molecule has 182 valence electrons. The van der Waals surface area contributed by atoms with E-state index in [2.05, 4.69) is 150 Å². The second kappa shape index (κ2) is 12.5. The third kappa shape index (κ3) is 6.85. The zero-order chi connectivity index (χ0) is 26.4. The van der Waals surface area contributed by atoms with Gasteiger partial charge in [-0.2, -0.15) is 5.57 Å². The standard InChI is InChI=1S/C15H13.C13H10.C8H11.Zr/c1-10-3-5-14-12(7-10)9-13-8-11(2)4-6-15(13)14;1-3-7-12(8-4-1)11-13-9-5-2-6-10-13;1-6-4-5-7(2)8(6)3;/h3-9H,1-2H3;1-10H;4,7H,1-3H3;/q-1;;-1;+2. The Kier molecular flexibility index (Phi) is 9.12. The van der Waals surface area contributed by atoms with E-state index in [0.717, 1.165) is 0 Å². The van der Waals surface area contributed by atoms with Gasteiger partial charge in [-0.3, -0.25) is 6.08 Å². The second-order valence-corrected chi connectivity index (χ2v) is 11.1. The van der Waals surface area contributed by atoms with E-state index in [4.69, 9.17) is 0 Å². The molecule has 0 radical (unpaired) electrons. The van der Waals surface area contributed by atoms with Crippen LogP contribution in [0.1, 0.15) is 43.0 Å². The summed E-state index contributed by atoms with van der Waals surface area (Å²) in [4.78, 5) is 0. The number of fused-ring (bicyclic) bond motifs is 3. The van der Waals surface area contributed by atoms with Crippen molar-refractivity contribution < 1.29 is 24.2 Å². The van der Waals surface area contributed by atoms with Crippen LogP contribution in [0.25, 0.3) is 21.5 Å². The van der Waals surface area contributed by atoms with Gasteiger partial charge in [0, 0.05) is 0 Å². The first kappa shape index (κ1) is 27.0. The molecule has 0 N–H and O–H groups in total. The summed E-state index contributed by atoms with van der Waals surface area (Å²) in [7, 11) is 0. The van der Waals surface area contributed by atoms with Gasteiger partial charge in [0.15, 0.2) is 0 Å². The van der Waals surface area contributed by atoms with Crippen molar-refractivity contribution in [3.8, 4) is 0 Å². The predicted octanol–water partition coefficient (Wildman–Crippen LogP) is 9.46. The Labute approximate surface area is 237 Å². The average Bonchev–Trinajstić information content (AvgIpc) is 3.42. The van der Waals surface area contributed by atoms with Crippen molar-refractivity contribution in [2.75, 3.05) is 0 Å². The summed E-state index contributed by atoms with van der Waals surface area (Å²) in [6.07, 6.45) is 5.29. The van der Waals surface area contributed by atoms with Crippen molar-refractivity contribution in [1.29, 1.82) is 0 Å². The van der Waals surface area contributed by atoms with Crippen molar-refractivity contribution in [2.45, 2.75) is 34.6 Å². The molecule has 6 rings (SSSR count). The van der Waals surface area contributed by atoms with Crippen molar-refractivity contribution in [1.82, 2.24) is 0 Å². The second-order valence-electron chi connectivity index (χ2n) is 9.83. The maximum absolute atomic E-state index is 3.22. The van der Waals surface area contributed by atoms with Gasteiger partial charge in [0.05, 0.1) is 0 Å². The number of hydrogen-bond acceptors (Lipinski definition) is 0. The number of rotatable bonds is 2. The number of hydrogen-bond donors (Lipinski definition) is 0. The van der Waals surface area contributed by atoms with E-state index >= 15 is 0 Å². The molecule has 0 heterocycles. The van der Waals surface area contributed by atoms with E-state index in [9.17, 15) is 0 Å². The van der Waals surface area contributed by atoms with Crippen LogP contribution in [-0.4, -0.2) is 3.21 Å². The van der Waals surface area contributed by atoms with E-state index in [-0.39, 0.29) is 0 Å². The molecule has 5 aromatic rings. The van der Waals surface area contributed by atoms with Gasteiger partial charge >= 0.3 is 99.2 Å². The van der Waals surface area contributed by atoms with Gasteiger partial charge in [0.2, 0.25) is 0 Å². The fourth-order valence-corrected chi connectivity index (χ4v) is 5.29. The van der Waals surface area contributed by atoms with Crippen molar-refractivity contribution in [3.63, 3.8) is 0 Å². The predicted molar refractivity (Wildman–Crippen MR) is 158 cm³/mol. The molecule has 0 bridgehead atoms. The summed E-state index contributed by atoms with van der Waals surface area (Å²) < 4.78 is 1.42. The molecule has 1 heteroatoms. The fraction of sp³-hybridized carbons (Fsp3) is 0.167. The van der Waals surface area contributed by atoms with Gasteiger partial charge in [0.1, 0.15) is 0 Å². The number of aryl methyl sites for hydroxylation is 2. The minimum absolute atomic E-state index is 0.565. The first-order valence-corrected chi connectivity index (χ1v) is 14.1. The maximum atomic E-state index is 3.22. The molecule has 1 atom stereocenters. The molecule has 1 aliphatic rings. The summed E-state index contributed by atoms with van der Waals surface area (Å²) in [5, 5.41) is 5.46. The van der Waals surface area contributed by atoms with E-state index in [1.54, 1.807) is 0 Å². The van der Waals surface area contributed by atoms with E-state index < -0.39 is 0 Å². The Balaban J connectivity index is 0.000000136. The first-order chi connectivity index (χ1) is 17.8. The zero-order valence-corrected chi connectivity index (χ0v) is 24.9. The van der Waals surface area contributed by atoms with Crippen LogP contribution in [0.15, 0.2) is 120 Å². The quantitative estimate of drug-likeness (QED) is 0.190. The van der Waals surface area contributed by atoms with E-state index in [0.29, 0.717) is 5.92 Å². The van der Waals surface area contributed by atoms with Crippen LogP contribution < -0.4 is 0 Å². The summed E-state index contributed by atoms with van der Waals surface area (Å²) in [5.74, 6) is 0.565. The molecule has 0 spiro atoms. The van der Waals surface area contributed by atoms with Crippen LogP contribution in [0, 0.1) is 25.8 Å². The summed E-state index contributed by atoms with van der Waals surface area (Å²) in [5.41, 5.74) is 8.17. The normalized spacial score (nSPS) is 14.3. The minimum atomic E-state index is 0.565. The molecule has 0 amide bonds. The molecule has 1 unspecified atom stereocenters. The average molecular weight is 558 g/mol. The Morgan fingerprint density at radius 2 is 1.14 bits per heavy atom. The van der Waals surface area contributed by atoms with Crippen LogP contribution >= 0.6 is 0 Å². The van der Waals surface area contributed by atoms with Gasteiger partial charge in [-0.25, -0.2) is 11.6 Å². The topological polar surface area (TPSA) is 0 Å². The Hall–Kier alpha value is -3.02. The molecule has 0 nitrogen and oxygen atoms in total. The van der Waals surface area contributed by atoms with Gasteiger partial charge in [-0.15, -0.1) is 46.7 Å². The molecule has 0 saturated carbocycles. The van der Waals surface area contributed by atoms with Crippen LogP contribution in [0.2, 0.25) is 0 Å². The summed E-state index contributed by atoms with van der Waals surface area (Å²) in [6.45, 7) is 10.7. The number of allylic oxidation sites excluding steroid dienone is 4. The third-order valence-electron chi connectivity index (χ3n) is 6.96. The van der Waals surface area contributed by atoms with Crippen molar-refractivity contribution in [2.24, 2.45) is 5.92 Å². The molecule has 37 heavy (non-hydrogen) atoms. The van der Waals surface area contributed by atoms with Crippen molar-refractivity contribution >= 4 is 24.8 Å². The van der Waals surface area contributed by atoms with Crippen LogP contribution in [0.3, 0.4) is 0 Å². The molecular formula is C36H34Zr. The molecule has 5 aromatic carbocycles. The Morgan fingerprint density at radius 1 is 0.676 bits per heavy atom. The van der Waals surface area contributed by atoms with E-state index in [1.165, 1.54) is 82.4 Å². The van der Waals surface area contributed by atoms with Crippen LogP contribution in [0.4, 0.5) is 0 Å². The fourth-order valence-electron chi connectivity index (χ4n) is 4.47. The third-order valence-corrected chi connectivity index (χ3v) is 8.38. The number of benzene rings is 4. The van der Waals surface area contributed by atoms with Gasteiger partial charge in [-0.05, 0) is 13.8 Å². The van der Waals surface area contributed by atoms with Crippen LogP contribution in [-0.2, 0) is 24.2 Å². The molecule has 0 aromatic heterocycles. The Morgan fingerprint density at radius 3 is 1.49 bits per heavy atom. The molecular weight excluding hydrogens is 524 g/mol. The van der Waals surface area contributed by atoms with Gasteiger partial charge in [-0.1, -0.05) is 55.2 Å². The zero-order valence-electron chi connectivity index (χ0n) is 22.5. The molecule has 0 aliphatic heterocycles. The molecule has 0 fully saturated rings. The monoisotopic (exact) mass is 556 g/mol. The van der Waals surface area contributed by atoms with Gasteiger partial charge < -0.3 is 0 Å². The van der Waals surface area contributed by atoms with Crippen molar-refractivity contribution in [3.05, 3.63) is 149 Å². The summed E-state index contributed by atoms with van der Waals surface area (Å²) in [6, 6.07) is 36.7. The summed E-state index contributed by atoms with van der Waals surface area (Å²) >= 11 is 1.46. The molecule has 0 saturated heterocycles. The Bertz CT molecular complexity index is 1470. The van der Waals surface area contributed by atoms with Crippen LogP contribution in [0.5, 0.6) is 0 Å².